The van der Waals surface area contributed by atoms with Crippen LogP contribution in [-0.2, 0) is 0 Å². The summed E-state index contributed by atoms with van der Waals surface area (Å²) >= 11 is 0. The summed E-state index contributed by atoms with van der Waals surface area (Å²) in [5, 5.41) is 1.51. The monoisotopic (exact) mass is 221 g/mol. The first-order chi connectivity index (χ1) is 7.11. The minimum absolute atomic E-state index is 1.02. The van der Waals surface area contributed by atoms with Crippen LogP contribution in [-0.4, -0.2) is 8.07 Å². The second-order valence-electron chi connectivity index (χ2n) is 4.38. The molecular formula is C13H23NSi. The maximum Gasteiger partial charge on any atom is 0.0889 e. The van der Waals surface area contributed by atoms with Crippen molar-refractivity contribution in [2.24, 2.45) is 0 Å². The van der Waals surface area contributed by atoms with Crippen molar-refractivity contribution in [1.82, 2.24) is 0 Å². The minimum atomic E-state index is -1.31. The molecule has 0 fully saturated rings. The Bertz CT molecular complexity index is 301. The Morgan fingerprint density at radius 1 is 1.07 bits per heavy atom. The van der Waals surface area contributed by atoms with Crippen LogP contribution in [0.5, 0.6) is 0 Å². The molecule has 0 radical (unpaired) electrons. The van der Waals surface area contributed by atoms with Crippen molar-refractivity contribution >= 4 is 18.9 Å². The van der Waals surface area contributed by atoms with E-state index >= 15 is 0 Å². The van der Waals surface area contributed by atoms with E-state index in [0.717, 1.165) is 5.69 Å². The molecule has 0 spiro atoms. The molecule has 0 bridgehead atoms. The molecule has 0 unspecified atom stereocenters. The summed E-state index contributed by atoms with van der Waals surface area (Å²) in [7, 11) is -1.31. The minimum Gasteiger partial charge on any atom is -0.399 e. The van der Waals surface area contributed by atoms with Gasteiger partial charge in [-0.15, -0.1) is 0 Å². The number of nitrogens with two attached hydrogens (primary N) is 1. The molecule has 1 aromatic rings. The number of rotatable bonds is 4. The molecular weight excluding hydrogens is 198 g/mol. The number of benzene rings is 1. The number of hydrogen-bond acceptors (Lipinski definition) is 1. The molecule has 84 valence electrons. The van der Waals surface area contributed by atoms with Crippen LogP contribution in [0.2, 0.25) is 18.1 Å². The van der Waals surface area contributed by atoms with Gasteiger partial charge in [-0.05, 0) is 23.7 Å². The third kappa shape index (κ3) is 2.10. The van der Waals surface area contributed by atoms with Gasteiger partial charge in [0.1, 0.15) is 0 Å². The van der Waals surface area contributed by atoms with E-state index in [2.05, 4.69) is 45.9 Å². The number of aryl methyl sites for hydroxylation is 1. The SMILES string of the molecule is CC[Si](CC)(CC)c1c(C)cccc1N. The molecule has 2 heteroatoms. The molecule has 0 amide bonds. The molecule has 0 aromatic heterocycles. The van der Waals surface area contributed by atoms with Crippen molar-refractivity contribution in [2.75, 3.05) is 5.73 Å². The molecule has 0 aliphatic carbocycles. The van der Waals surface area contributed by atoms with Crippen LogP contribution in [0.3, 0.4) is 0 Å². The van der Waals surface area contributed by atoms with Crippen molar-refractivity contribution < 1.29 is 0 Å². The van der Waals surface area contributed by atoms with Crippen molar-refractivity contribution in [3.63, 3.8) is 0 Å². The number of anilines is 1. The lowest BCUT2D eigenvalue weighted by Crippen LogP contribution is -2.48. The second-order valence-corrected chi connectivity index (χ2v) is 9.56. The molecule has 15 heavy (non-hydrogen) atoms. The van der Waals surface area contributed by atoms with Crippen molar-refractivity contribution in [2.45, 2.75) is 45.8 Å². The van der Waals surface area contributed by atoms with Gasteiger partial charge >= 0.3 is 0 Å². The van der Waals surface area contributed by atoms with Gasteiger partial charge in [0.2, 0.25) is 0 Å². The maximum absolute atomic E-state index is 6.17. The lowest BCUT2D eigenvalue weighted by Gasteiger charge is -2.31. The highest BCUT2D eigenvalue weighted by atomic mass is 28.3. The zero-order valence-corrected chi connectivity index (χ0v) is 11.4. The van der Waals surface area contributed by atoms with Crippen LogP contribution in [0.15, 0.2) is 18.2 Å². The summed E-state index contributed by atoms with van der Waals surface area (Å²) in [5.41, 5.74) is 8.59. The molecule has 0 saturated carbocycles. The van der Waals surface area contributed by atoms with E-state index in [4.69, 9.17) is 5.73 Å². The first-order valence-electron chi connectivity index (χ1n) is 5.96. The Balaban J connectivity index is 3.34. The predicted molar refractivity (Wildman–Crippen MR) is 72.4 cm³/mol. The third-order valence-corrected chi connectivity index (χ3v) is 9.67. The fourth-order valence-electron chi connectivity index (χ4n) is 2.70. The fraction of sp³-hybridized carbons (Fsp3) is 0.538. The van der Waals surface area contributed by atoms with Gasteiger partial charge in [-0.25, -0.2) is 0 Å². The predicted octanol–water partition coefficient (Wildman–Crippen LogP) is 3.29. The molecule has 1 nitrogen and oxygen atoms in total. The first-order valence-corrected chi connectivity index (χ1v) is 8.59. The Kier molecular flexibility index (Phi) is 3.97. The highest BCUT2D eigenvalue weighted by Crippen LogP contribution is 2.24. The Hall–Kier alpha value is -0.763. The van der Waals surface area contributed by atoms with Crippen molar-refractivity contribution in [3.8, 4) is 0 Å². The normalized spacial score (nSPS) is 11.7. The van der Waals surface area contributed by atoms with Gasteiger partial charge in [0.15, 0.2) is 0 Å². The summed E-state index contributed by atoms with van der Waals surface area (Å²) in [6, 6.07) is 10.2. The molecule has 1 aromatic carbocycles. The van der Waals surface area contributed by atoms with E-state index in [0.29, 0.717) is 0 Å². The van der Waals surface area contributed by atoms with Gasteiger partial charge in [0, 0.05) is 5.69 Å². The van der Waals surface area contributed by atoms with Crippen LogP contribution in [0.4, 0.5) is 5.69 Å². The van der Waals surface area contributed by atoms with Gasteiger partial charge in [-0.3, -0.25) is 0 Å². The molecule has 0 aliphatic rings. The summed E-state index contributed by atoms with van der Waals surface area (Å²) in [5.74, 6) is 0. The summed E-state index contributed by atoms with van der Waals surface area (Å²) < 4.78 is 0. The van der Waals surface area contributed by atoms with Gasteiger partial charge in [-0.1, -0.05) is 51.0 Å². The largest absolute Gasteiger partial charge is 0.399 e. The summed E-state index contributed by atoms with van der Waals surface area (Å²) in [6.45, 7) is 9.18. The Morgan fingerprint density at radius 2 is 1.60 bits per heavy atom. The lowest BCUT2D eigenvalue weighted by atomic mass is 10.2. The Labute approximate surface area is 94.7 Å². The standard InChI is InChI=1S/C13H23NSi/c1-5-15(6-2,7-3)13-11(4)9-8-10-12(13)14/h8-10H,5-7,14H2,1-4H3. The van der Waals surface area contributed by atoms with Gasteiger partial charge in [0.25, 0.3) is 0 Å². The van der Waals surface area contributed by atoms with E-state index in [1.807, 2.05) is 0 Å². The molecule has 0 heterocycles. The van der Waals surface area contributed by atoms with E-state index in [-0.39, 0.29) is 0 Å². The summed E-state index contributed by atoms with van der Waals surface area (Å²) in [6.07, 6.45) is 0. The van der Waals surface area contributed by atoms with Crippen LogP contribution in [0.25, 0.3) is 0 Å². The van der Waals surface area contributed by atoms with Gasteiger partial charge < -0.3 is 5.73 Å². The highest BCUT2D eigenvalue weighted by molar-refractivity contribution is 6.93. The van der Waals surface area contributed by atoms with E-state index in [1.54, 1.807) is 0 Å². The van der Waals surface area contributed by atoms with Crippen LogP contribution >= 0.6 is 0 Å². The molecule has 1 rings (SSSR count). The van der Waals surface area contributed by atoms with Gasteiger partial charge in [-0.2, -0.15) is 0 Å². The van der Waals surface area contributed by atoms with Gasteiger partial charge in [0.05, 0.1) is 8.07 Å². The zero-order valence-electron chi connectivity index (χ0n) is 10.4. The molecule has 2 N–H and O–H groups in total. The van der Waals surface area contributed by atoms with Crippen LogP contribution in [0, 0.1) is 6.92 Å². The smallest absolute Gasteiger partial charge is 0.0889 e. The van der Waals surface area contributed by atoms with Crippen LogP contribution in [0.1, 0.15) is 26.3 Å². The molecule has 0 atom stereocenters. The fourth-order valence-corrected chi connectivity index (χ4v) is 6.87. The summed E-state index contributed by atoms with van der Waals surface area (Å²) in [4.78, 5) is 0. The van der Waals surface area contributed by atoms with E-state index < -0.39 is 8.07 Å². The van der Waals surface area contributed by atoms with Crippen molar-refractivity contribution in [1.29, 1.82) is 0 Å². The molecule has 0 aliphatic heterocycles. The zero-order chi connectivity index (χ0) is 11.5. The quantitative estimate of drug-likeness (QED) is 0.613. The molecule has 0 saturated heterocycles. The van der Waals surface area contributed by atoms with E-state index in [1.165, 1.54) is 28.9 Å². The second kappa shape index (κ2) is 4.84. The van der Waals surface area contributed by atoms with E-state index in [9.17, 15) is 0 Å². The lowest BCUT2D eigenvalue weighted by molar-refractivity contribution is 1.19. The average Bonchev–Trinajstić information content (AvgIpc) is 2.24. The van der Waals surface area contributed by atoms with Crippen molar-refractivity contribution in [3.05, 3.63) is 23.8 Å². The number of nitrogen functional groups attached to an aromatic ring is 1. The first kappa shape index (κ1) is 12.3. The van der Waals surface area contributed by atoms with Crippen LogP contribution < -0.4 is 10.9 Å². The average molecular weight is 221 g/mol. The third-order valence-electron chi connectivity index (χ3n) is 3.87. The Morgan fingerprint density at radius 3 is 2.00 bits per heavy atom. The highest BCUT2D eigenvalue weighted by Gasteiger charge is 2.31. The topological polar surface area (TPSA) is 26.0 Å². The number of hydrogen-bond donors (Lipinski definition) is 1. The maximum atomic E-state index is 6.17.